The lowest BCUT2D eigenvalue weighted by Crippen LogP contribution is -2.36. The lowest BCUT2D eigenvalue weighted by Gasteiger charge is -2.22. The van der Waals surface area contributed by atoms with Crippen LogP contribution in [0.15, 0.2) is 18.2 Å². The highest BCUT2D eigenvalue weighted by atomic mass is 35.5. The quantitative estimate of drug-likeness (QED) is 0.733. The zero-order valence-corrected chi connectivity index (χ0v) is 15.6. The van der Waals surface area contributed by atoms with E-state index in [-0.39, 0.29) is 35.9 Å². The molecule has 2 N–H and O–H groups in total. The van der Waals surface area contributed by atoms with Crippen molar-refractivity contribution < 1.29 is 27.8 Å². The largest absolute Gasteiger partial charge is 0.490 e. The number of carbonyl (C=O) groups is 1. The summed E-state index contributed by atoms with van der Waals surface area (Å²) in [6.45, 7) is -0.157. The molecule has 9 heteroatoms. The minimum atomic E-state index is -2.93. The fourth-order valence-electron chi connectivity index (χ4n) is 2.77. The van der Waals surface area contributed by atoms with Crippen LogP contribution in [0, 0.1) is 0 Å². The summed E-state index contributed by atoms with van der Waals surface area (Å²) in [5.41, 5.74) is 6.31. The Hall–Kier alpha value is -1.64. The molecule has 1 aliphatic rings. The minimum Gasteiger partial charge on any atom is -0.490 e. The van der Waals surface area contributed by atoms with Crippen LogP contribution in [0.3, 0.4) is 0 Å². The van der Waals surface area contributed by atoms with Crippen LogP contribution in [0.2, 0.25) is 0 Å². The Morgan fingerprint density at radius 1 is 1.38 bits per heavy atom. The number of amides is 1. The molecule has 1 heterocycles. The zero-order chi connectivity index (χ0) is 18.4. The van der Waals surface area contributed by atoms with Gasteiger partial charge in [-0.3, -0.25) is 4.79 Å². The van der Waals surface area contributed by atoms with Crippen LogP contribution in [0.4, 0.5) is 8.78 Å². The number of benzene rings is 1. The molecule has 0 spiro atoms. The van der Waals surface area contributed by atoms with Crippen LogP contribution in [-0.2, 0) is 16.1 Å². The molecule has 2 rings (SSSR count). The Bertz CT molecular complexity index is 592. The Morgan fingerprint density at radius 2 is 2.12 bits per heavy atom. The molecule has 0 bridgehead atoms. The predicted molar refractivity (Wildman–Crippen MR) is 94.9 cm³/mol. The van der Waals surface area contributed by atoms with Gasteiger partial charge < -0.3 is 24.8 Å². The van der Waals surface area contributed by atoms with Gasteiger partial charge in [0.25, 0.3) is 5.91 Å². The standard InChI is InChI=1S/C17H24F2N2O4.ClH/c1-3-23-15-8-11(4-6-13(15)25-17(18)19)10-21(2)16(22)14-7-5-12(9-20)24-14;/h4,6,8,12,14,17H,3,5,7,9-10,20H2,1-2H3;1H/t12-,14+;/m1./s1. The molecule has 1 fully saturated rings. The highest BCUT2D eigenvalue weighted by Crippen LogP contribution is 2.30. The van der Waals surface area contributed by atoms with E-state index in [1.54, 1.807) is 31.0 Å². The van der Waals surface area contributed by atoms with Gasteiger partial charge in [-0.2, -0.15) is 8.78 Å². The van der Waals surface area contributed by atoms with Crippen LogP contribution in [0.5, 0.6) is 11.5 Å². The molecular formula is C17H25ClF2N2O4. The van der Waals surface area contributed by atoms with Gasteiger partial charge in [-0.25, -0.2) is 0 Å². The zero-order valence-electron chi connectivity index (χ0n) is 14.8. The molecule has 0 radical (unpaired) electrons. The molecule has 0 saturated carbocycles. The molecule has 2 atom stereocenters. The number of alkyl halides is 2. The fraction of sp³-hybridized carbons (Fsp3) is 0.588. The van der Waals surface area contributed by atoms with Crippen molar-refractivity contribution in [2.24, 2.45) is 5.73 Å². The first kappa shape index (κ1) is 22.4. The van der Waals surface area contributed by atoms with Gasteiger partial charge in [-0.15, -0.1) is 12.4 Å². The summed E-state index contributed by atoms with van der Waals surface area (Å²) < 4.78 is 40.3. The van der Waals surface area contributed by atoms with Crippen molar-refractivity contribution in [3.8, 4) is 11.5 Å². The van der Waals surface area contributed by atoms with Crippen molar-refractivity contribution in [2.45, 2.75) is 45.1 Å². The van der Waals surface area contributed by atoms with Crippen LogP contribution in [-0.4, -0.2) is 49.8 Å². The van der Waals surface area contributed by atoms with E-state index in [1.165, 1.54) is 6.07 Å². The monoisotopic (exact) mass is 394 g/mol. The lowest BCUT2D eigenvalue weighted by molar-refractivity contribution is -0.141. The smallest absolute Gasteiger partial charge is 0.387 e. The number of hydrogen-bond acceptors (Lipinski definition) is 5. The molecule has 1 aliphatic heterocycles. The second-order valence-electron chi connectivity index (χ2n) is 5.85. The number of halogens is 3. The minimum absolute atomic E-state index is 0. The fourth-order valence-corrected chi connectivity index (χ4v) is 2.77. The Kier molecular flexibility index (Phi) is 9.04. The molecule has 6 nitrogen and oxygen atoms in total. The van der Waals surface area contributed by atoms with E-state index in [1.807, 2.05) is 0 Å². The Labute approximate surface area is 158 Å². The van der Waals surface area contributed by atoms with Gasteiger partial charge in [0.1, 0.15) is 6.10 Å². The van der Waals surface area contributed by atoms with E-state index in [0.717, 1.165) is 12.0 Å². The van der Waals surface area contributed by atoms with Crippen molar-refractivity contribution in [3.63, 3.8) is 0 Å². The maximum absolute atomic E-state index is 12.4. The summed E-state index contributed by atoms with van der Waals surface area (Å²) in [6, 6.07) is 4.65. The maximum atomic E-state index is 12.4. The summed E-state index contributed by atoms with van der Waals surface area (Å²) in [4.78, 5) is 14.0. The Morgan fingerprint density at radius 3 is 2.69 bits per heavy atom. The first-order valence-corrected chi connectivity index (χ1v) is 8.25. The average molecular weight is 395 g/mol. The van der Waals surface area contributed by atoms with Crippen molar-refractivity contribution in [1.82, 2.24) is 4.90 Å². The molecule has 0 aromatic heterocycles. The lowest BCUT2D eigenvalue weighted by atomic mass is 10.1. The number of hydrogen-bond donors (Lipinski definition) is 1. The SMILES string of the molecule is CCOc1cc(CN(C)C(=O)[C@@H]2CC[C@H](CN)O2)ccc1OC(F)F.Cl. The highest BCUT2D eigenvalue weighted by Gasteiger charge is 2.31. The molecule has 0 unspecified atom stereocenters. The average Bonchev–Trinajstić information content (AvgIpc) is 3.05. The molecule has 1 amide bonds. The number of ether oxygens (including phenoxy) is 3. The number of likely N-dealkylation sites (N-methyl/N-ethyl adjacent to an activating group) is 1. The number of carbonyl (C=O) groups excluding carboxylic acids is 1. The van der Waals surface area contributed by atoms with Gasteiger partial charge >= 0.3 is 6.61 Å². The molecule has 1 aromatic carbocycles. The number of nitrogens with two attached hydrogens (primary N) is 1. The van der Waals surface area contributed by atoms with E-state index in [2.05, 4.69) is 4.74 Å². The predicted octanol–water partition coefficient (Wildman–Crippen LogP) is 2.57. The normalized spacial score (nSPS) is 19.2. The van der Waals surface area contributed by atoms with E-state index in [4.69, 9.17) is 15.2 Å². The third-order valence-electron chi connectivity index (χ3n) is 3.97. The number of rotatable bonds is 8. The highest BCUT2D eigenvalue weighted by molar-refractivity contribution is 5.85. The second-order valence-corrected chi connectivity index (χ2v) is 5.85. The van der Waals surface area contributed by atoms with Crippen LogP contribution >= 0.6 is 12.4 Å². The van der Waals surface area contributed by atoms with Crippen molar-refractivity contribution in [3.05, 3.63) is 23.8 Å². The summed E-state index contributed by atoms with van der Waals surface area (Å²) in [7, 11) is 1.67. The van der Waals surface area contributed by atoms with Crippen LogP contribution in [0.25, 0.3) is 0 Å². The van der Waals surface area contributed by atoms with Gasteiger partial charge in [-0.1, -0.05) is 6.07 Å². The van der Waals surface area contributed by atoms with E-state index < -0.39 is 12.7 Å². The molecule has 148 valence electrons. The van der Waals surface area contributed by atoms with Gasteiger partial charge in [0, 0.05) is 20.1 Å². The van der Waals surface area contributed by atoms with Gasteiger partial charge in [0.15, 0.2) is 11.5 Å². The van der Waals surface area contributed by atoms with E-state index in [0.29, 0.717) is 26.1 Å². The van der Waals surface area contributed by atoms with E-state index in [9.17, 15) is 13.6 Å². The first-order chi connectivity index (χ1) is 11.9. The molecule has 1 aromatic rings. The first-order valence-electron chi connectivity index (χ1n) is 8.25. The van der Waals surface area contributed by atoms with Gasteiger partial charge in [0.05, 0.1) is 12.7 Å². The van der Waals surface area contributed by atoms with E-state index >= 15 is 0 Å². The second kappa shape index (κ2) is 10.5. The van der Waals surface area contributed by atoms with Crippen molar-refractivity contribution >= 4 is 18.3 Å². The van der Waals surface area contributed by atoms with Crippen LogP contribution in [0.1, 0.15) is 25.3 Å². The molecule has 26 heavy (non-hydrogen) atoms. The van der Waals surface area contributed by atoms with Gasteiger partial charge in [0.2, 0.25) is 0 Å². The summed E-state index contributed by atoms with van der Waals surface area (Å²) >= 11 is 0. The Balaban J connectivity index is 0.00000338. The molecule has 1 saturated heterocycles. The van der Waals surface area contributed by atoms with Crippen LogP contribution < -0.4 is 15.2 Å². The number of nitrogens with zero attached hydrogens (tertiary/aromatic N) is 1. The van der Waals surface area contributed by atoms with Gasteiger partial charge in [-0.05, 0) is 37.5 Å². The van der Waals surface area contributed by atoms with Crippen molar-refractivity contribution in [1.29, 1.82) is 0 Å². The maximum Gasteiger partial charge on any atom is 0.387 e. The summed E-state index contributed by atoms with van der Waals surface area (Å²) in [5.74, 6) is 0.0720. The third kappa shape index (κ3) is 5.96. The molecule has 0 aliphatic carbocycles. The third-order valence-corrected chi connectivity index (χ3v) is 3.97. The molecular weight excluding hydrogens is 370 g/mol. The van der Waals surface area contributed by atoms with Crippen molar-refractivity contribution in [2.75, 3.05) is 20.2 Å². The summed E-state index contributed by atoms with van der Waals surface area (Å²) in [6.07, 6.45) is 0.870. The summed E-state index contributed by atoms with van der Waals surface area (Å²) in [5, 5.41) is 0. The topological polar surface area (TPSA) is 74.0 Å².